The van der Waals surface area contributed by atoms with Crippen LogP contribution in [0.5, 0.6) is 5.75 Å². The standard InChI is InChI=1S/C21H19Br2ClN2OS/c1-21(2,3)19-17(8-12-4-6-15(24)7-5-12)28-20(26-19)25-11-13-9-14(22)10-16(23)18(13)27/h4-7,9-11,27H,8H2,1-3H3/b25-11+. The van der Waals surface area contributed by atoms with Crippen molar-refractivity contribution in [1.29, 1.82) is 0 Å². The zero-order valence-electron chi connectivity index (χ0n) is 15.6. The summed E-state index contributed by atoms with van der Waals surface area (Å²) in [6.45, 7) is 6.45. The van der Waals surface area contributed by atoms with Gasteiger partial charge in [0.05, 0.1) is 10.2 Å². The molecule has 1 N–H and O–H groups in total. The van der Waals surface area contributed by atoms with Gasteiger partial charge < -0.3 is 5.11 Å². The molecule has 0 saturated heterocycles. The number of hydrogen-bond donors (Lipinski definition) is 1. The normalized spacial score (nSPS) is 12.1. The van der Waals surface area contributed by atoms with Crippen molar-refractivity contribution in [3.63, 3.8) is 0 Å². The van der Waals surface area contributed by atoms with Gasteiger partial charge in [0, 0.05) is 38.0 Å². The minimum Gasteiger partial charge on any atom is -0.506 e. The van der Waals surface area contributed by atoms with E-state index < -0.39 is 0 Å². The van der Waals surface area contributed by atoms with E-state index in [1.54, 1.807) is 23.6 Å². The Hall–Kier alpha value is -1.21. The number of benzene rings is 2. The maximum Gasteiger partial charge on any atom is 0.209 e. The first-order valence-electron chi connectivity index (χ1n) is 8.60. The number of halogens is 3. The molecule has 1 heterocycles. The van der Waals surface area contributed by atoms with Gasteiger partial charge in [-0.2, -0.15) is 0 Å². The molecule has 3 nitrogen and oxygen atoms in total. The molecule has 0 bridgehead atoms. The largest absolute Gasteiger partial charge is 0.506 e. The van der Waals surface area contributed by atoms with Gasteiger partial charge in [-0.05, 0) is 45.8 Å². The zero-order valence-corrected chi connectivity index (χ0v) is 20.4. The molecule has 0 aliphatic heterocycles. The lowest BCUT2D eigenvalue weighted by Gasteiger charge is -2.17. The van der Waals surface area contributed by atoms with Gasteiger partial charge in [0.15, 0.2) is 0 Å². The Morgan fingerprint density at radius 3 is 2.50 bits per heavy atom. The summed E-state index contributed by atoms with van der Waals surface area (Å²) in [6.07, 6.45) is 2.42. The highest BCUT2D eigenvalue weighted by Gasteiger charge is 2.23. The first-order valence-corrected chi connectivity index (χ1v) is 11.4. The van der Waals surface area contributed by atoms with Crippen LogP contribution in [0.4, 0.5) is 5.13 Å². The third-order valence-corrected chi connectivity index (χ3v) is 6.32. The second kappa shape index (κ2) is 8.66. The van der Waals surface area contributed by atoms with Gasteiger partial charge in [-0.25, -0.2) is 9.98 Å². The fourth-order valence-electron chi connectivity index (χ4n) is 2.70. The highest BCUT2D eigenvalue weighted by molar-refractivity contribution is 9.11. The number of aliphatic imine (C=N–C) groups is 1. The summed E-state index contributed by atoms with van der Waals surface area (Å²) in [4.78, 5) is 10.5. The van der Waals surface area contributed by atoms with Crippen LogP contribution in [0, 0.1) is 0 Å². The number of nitrogens with zero attached hydrogens (tertiary/aromatic N) is 2. The molecule has 0 aliphatic carbocycles. The fraction of sp³-hybridized carbons (Fsp3) is 0.238. The Balaban J connectivity index is 1.94. The summed E-state index contributed by atoms with van der Waals surface area (Å²) < 4.78 is 1.47. The van der Waals surface area contributed by atoms with Crippen LogP contribution < -0.4 is 0 Å². The molecule has 3 rings (SSSR count). The van der Waals surface area contributed by atoms with Crippen LogP contribution >= 0.6 is 54.8 Å². The number of phenols is 1. The summed E-state index contributed by atoms with van der Waals surface area (Å²) in [7, 11) is 0. The fourth-order valence-corrected chi connectivity index (χ4v) is 5.23. The van der Waals surface area contributed by atoms with E-state index in [1.807, 2.05) is 30.3 Å². The number of rotatable bonds is 4. The average molecular weight is 543 g/mol. The van der Waals surface area contributed by atoms with E-state index in [4.69, 9.17) is 16.6 Å². The Kier molecular flexibility index (Phi) is 6.65. The Bertz CT molecular complexity index is 1020. The van der Waals surface area contributed by atoms with Crippen LogP contribution in [-0.4, -0.2) is 16.3 Å². The average Bonchev–Trinajstić information content (AvgIpc) is 3.02. The smallest absolute Gasteiger partial charge is 0.209 e. The molecule has 2 aromatic carbocycles. The maximum absolute atomic E-state index is 10.2. The zero-order chi connectivity index (χ0) is 20.5. The molecule has 0 unspecified atom stereocenters. The monoisotopic (exact) mass is 540 g/mol. The van der Waals surface area contributed by atoms with E-state index in [2.05, 4.69) is 57.6 Å². The Morgan fingerprint density at radius 1 is 1.18 bits per heavy atom. The first-order chi connectivity index (χ1) is 13.1. The highest BCUT2D eigenvalue weighted by Crippen LogP contribution is 2.36. The van der Waals surface area contributed by atoms with Crippen molar-refractivity contribution in [2.75, 3.05) is 0 Å². The molecule has 146 valence electrons. The quantitative estimate of drug-likeness (QED) is 0.344. The number of aromatic hydroxyl groups is 1. The Morgan fingerprint density at radius 2 is 1.86 bits per heavy atom. The minimum atomic E-state index is -0.0903. The van der Waals surface area contributed by atoms with E-state index in [-0.39, 0.29) is 11.2 Å². The molecule has 0 spiro atoms. The molecule has 0 radical (unpaired) electrons. The van der Waals surface area contributed by atoms with Crippen molar-refractivity contribution in [2.24, 2.45) is 4.99 Å². The molecular formula is C21H19Br2ClN2OS. The molecule has 7 heteroatoms. The molecule has 3 aromatic rings. The molecule has 0 aliphatic rings. The summed E-state index contributed by atoms with van der Waals surface area (Å²) in [5.41, 5.74) is 2.75. The predicted molar refractivity (Wildman–Crippen MR) is 126 cm³/mol. The number of phenolic OH excluding ortho intramolecular Hbond substituents is 1. The van der Waals surface area contributed by atoms with E-state index in [0.29, 0.717) is 15.2 Å². The minimum absolute atomic E-state index is 0.0903. The van der Waals surface area contributed by atoms with Crippen LogP contribution in [0.3, 0.4) is 0 Å². The van der Waals surface area contributed by atoms with Crippen molar-refractivity contribution < 1.29 is 5.11 Å². The topological polar surface area (TPSA) is 45.5 Å². The number of hydrogen-bond acceptors (Lipinski definition) is 4. The van der Waals surface area contributed by atoms with E-state index in [9.17, 15) is 5.11 Å². The molecular weight excluding hydrogens is 524 g/mol. The van der Waals surface area contributed by atoms with Gasteiger partial charge in [0.25, 0.3) is 0 Å². The number of thiazole rings is 1. The molecule has 0 fully saturated rings. The second-order valence-corrected chi connectivity index (χ2v) is 10.7. The lowest BCUT2D eigenvalue weighted by Crippen LogP contribution is -2.14. The molecule has 28 heavy (non-hydrogen) atoms. The third-order valence-electron chi connectivity index (χ3n) is 4.05. The van der Waals surface area contributed by atoms with Crippen LogP contribution in [0.25, 0.3) is 0 Å². The van der Waals surface area contributed by atoms with Gasteiger partial charge in [0.2, 0.25) is 5.13 Å². The van der Waals surface area contributed by atoms with Crippen LogP contribution in [0.15, 0.2) is 50.3 Å². The molecule has 0 saturated carbocycles. The maximum atomic E-state index is 10.2. The highest BCUT2D eigenvalue weighted by atomic mass is 79.9. The van der Waals surface area contributed by atoms with Crippen LogP contribution in [0.1, 0.15) is 42.5 Å². The Labute approximate surface area is 190 Å². The van der Waals surface area contributed by atoms with E-state index >= 15 is 0 Å². The van der Waals surface area contributed by atoms with Gasteiger partial charge in [-0.15, -0.1) is 0 Å². The predicted octanol–water partition coefficient (Wildman–Crippen LogP) is 7.67. The van der Waals surface area contributed by atoms with Crippen molar-refractivity contribution in [3.05, 3.63) is 72.1 Å². The van der Waals surface area contributed by atoms with Crippen LogP contribution in [-0.2, 0) is 11.8 Å². The van der Waals surface area contributed by atoms with Gasteiger partial charge in [0.1, 0.15) is 5.75 Å². The number of aromatic nitrogens is 1. The van der Waals surface area contributed by atoms with Crippen molar-refractivity contribution in [3.8, 4) is 5.75 Å². The molecule has 1 aromatic heterocycles. The summed E-state index contributed by atoms with van der Waals surface area (Å²) in [6, 6.07) is 11.5. The van der Waals surface area contributed by atoms with Gasteiger partial charge in [-0.1, -0.05) is 71.8 Å². The van der Waals surface area contributed by atoms with Gasteiger partial charge in [-0.3, -0.25) is 0 Å². The SMILES string of the molecule is CC(C)(C)c1nc(/N=C/c2cc(Br)cc(Br)c2O)sc1Cc1ccc(Cl)cc1. The third kappa shape index (κ3) is 5.23. The second-order valence-electron chi connectivity index (χ2n) is 7.41. The van der Waals surface area contributed by atoms with Crippen molar-refractivity contribution in [1.82, 2.24) is 4.98 Å². The molecule has 0 atom stereocenters. The summed E-state index contributed by atoms with van der Waals surface area (Å²) in [5, 5.41) is 11.6. The summed E-state index contributed by atoms with van der Waals surface area (Å²) in [5.74, 6) is 0.154. The van der Waals surface area contributed by atoms with Gasteiger partial charge >= 0.3 is 0 Å². The first kappa shape index (κ1) is 21.5. The van der Waals surface area contributed by atoms with E-state index in [1.165, 1.54) is 10.4 Å². The van der Waals surface area contributed by atoms with Crippen LogP contribution in [0.2, 0.25) is 5.02 Å². The van der Waals surface area contributed by atoms with Crippen molar-refractivity contribution in [2.45, 2.75) is 32.6 Å². The van der Waals surface area contributed by atoms with Crippen molar-refractivity contribution >= 4 is 66.1 Å². The molecule has 0 amide bonds. The lowest BCUT2D eigenvalue weighted by atomic mass is 9.90. The van der Waals surface area contributed by atoms with E-state index in [0.717, 1.165) is 21.6 Å². The lowest BCUT2D eigenvalue weighted by molar-refractivity contribution is 0.471. The summed E-state index contributed by atoms with van der Waals surface area (Å²) >= 11 is 14.3.